The maximum absolute atomic E-state index is 12.7. The number of fused-ring (bicyclic) bond motifs is 1. The Bertz CT molecular complexity index is 831. The number of hydrogen-bond donors (Lipinski definition) is 1. The summed E-state index contributed by atoms with van der Waals surface area (Å²) in [6.45, 7) is 2.50. The number of likely N-dealkylation sites (tertiary alicyclic amines) is 1. The number of rotatable bonds is 4. The lowest BCUT2D eigenvalue weighted by atomic mass is 10.1. The van der Waals surface area contributed by atoms with Crippen molar-refractivity contribution in [3.63, 3.8) is 0 Å². The molecular weight excluding hydrogens is 324 g/mol. The normalized spacial score (nSPS) is 20.1. The zero-order chi connectivity index (χ0) is 18.1. The lowest BCUT2D eigenvalue weighted by Gasteiger charge is -2.25. The third-order valence-corrected chi connectivity index (χ3v) is 5.64. The zero-order valence-electron chi connectivity index (χ0n) is 15.1. The molecule has 2 aliphatic rings. The average molecular weight is 348 g/mol. The number of nitrogens with zero attached hydrogens (tertiary/aromatic N) is 1. The predicted molar refractivity (Wildman–Crippen MR) is 102 cm³/mol. The smallest absolute Gasteiger partial charge is 0.229 e. The van der Waals surface area contributed by atoms with Crippen LogP contribution in [0.4, 0.5) is 5.69 Å². The average Bonchev–Trinajstić information content (AvgIpc) is 3.28. The van der Waals surface area contributed by atoms with Crippen molar-refractivity contribution >= 4 is 17.5 Å². The predicted octanol–water partition coefficient (Wildman–Crippen LogP) is 3.72. The van der Waals surface area contributed by atoms with Gasteiger partial charge in [0.2, 0.25) is 11.8 Å². The van der Waals surface area contributed by atoms with Gasteiger partial charge < -0.3 is 10.2 Å². The molecule has 1 fully saturated rings. The van der Waals surface area contributed by atoms with Crippen LogP contribution in [-0.4, -0.2) is 23.3 Å². The van der Waals surface area contributed by atoms with Crippen LogP contribution in [0.25, 0.3) is 0 Å². The molecule has 1 aliphatic heterocycles. The molecule has 1 saturated heterocycles. The molecule has 0 radical (unpaired) electrons. The van der Waals surface area contributed by atoms with Crippen molar-refractivity contribution in [3.8, 4) is 0 Å². The molecule has 1 heterocycles. The second kappa shape index (κ2) is 6.94. The van der Waals surface area contributed by atoms with Gasteiger partial charge in [-0.3, -0.25) is 9.59 Å². The van der Waals surface area contributed by atoms with E-state index in [2.05, 4.69) is 17.4 Å². The molecule has 0 bridgehead atoms. The van der Waals surface area contributed by atoms with E-state index in [1.165, 1.54) is 17.5 Å². The fraction of sp³-hybridized carbons (Fsp3) is 0.364. The molecule has 0 spiro atoms. The summed E-state index contributed by atoms with van der Waals surface area (Å²) in [4.78, 5) is 27.0. The van der Waals surface area contributed by atoms with Gasteiger partial charge in [0.15, 0.2) is 0 Å². The Labute approximate surface area is 154 Å². The van der Waals surface area contributed by atoms with Crippen molar-refractivity contribution < 1.29 is 9.59 Å². The van der Waals surface area contributed by atoms with Crippen molar-refractivity contribution in [2.45, 2.75) is 38.6 Å². The Kier molecular flexibility index (Phi) is 4.49. The first-order chi connectivity index (χ1) is 12.6. The van der Waals surface area contributed by atoms with E-state index in [9.17, 15) is 9.59 Å². The standard InChI is InChI=1S/C22H24N2O2/c1-15(16-6-3-2-4-7-16)24-14-19(13-21(24)25)22(26)23-20-11-10-17-8-5-9-18(17)12-20/h2-4,6-7,10-12,15,19H,5,8-9,13-14H2,1H3,(H,23,26)/t15-,19-/m0/s1. The Balaban J connectivity index is 1.42. The molecule has 2 amide bonds. The summed E-state index contributed by atoms with van der Waals surface area (Å²) < 4.78 is 0. The number of carbonyl (C=O) groups is 2. The van der Waals surface area contributed by atoms with Gasteiger partial charge in [-0.1, -0.05) is 36.4 Å². The molecule has 2 atom stereocenters. The van der Waals surface area contributed by atoms with E-state index >= 15 is 0 Å². The maximum Gasteiger partial charge on any atom is 0.229 e. The maximum atomic E-state index is 12.7. The Morgan fingerprint density at radius 2 is 1.88 bits per heavy atom. The van der Waals surface area contributed by atoms with Gasteiger partial charge in [0.05, 0.1) is 12.0 Å². The second-order valence-electron chi connectivity index (χ2n) is 7.36. The van der Waals surface area contributed by atoms with Crippen LogP contribution in [0.5, 0.6) is 0 Å². The first kappa shape index (κ1) is 16.8. The topological polar surface area (TPSA) is 49.4 Å². The zero-order valence-corrected chi connectivity index (χ0v) is 15.1. The van der Waals surface area contributed by atoms with E-state index < -0.39 is 0 Å². The molecule has 4 rings (SSSR count). The lowest BCUT2D eigenvalue weighted by molar-refractivity contribution is -0.129. The minimum Gasteiger partial charge on any atom is -0.335 e. The number of anilines is 1. The van der Waals surface area contributed by atoms with E-state index in [0.717, 1.165) is 24.1 Å². The van der Waals surface area contributed by atoms with Crippen molar-refractivity contribution in [2.24, 2.45) is 5.92 Å². The molecule has 0 saturated carbocycles. The van der Waals surface area contributed by atoms with Crippen LogP contribution < -0.4 is 5.32 Å². The third-order valence-electron chi connectivity index (χ3n) is 5.64. The summed E-state index contributed by atoms with van der Waals surface area (Å²) in [5, 5.41) is 3.02. The minimum atomic E-state index is -0.290. The highest BCUT2D eigenvalue weighted by Crippen LogP contribution is 2.30. The molecule has 4 nitrogen and oxygen atoms in total. The number of carbonyl (C=O) groups excluding carboxylic acids is 2. The molecule has 26 heavy (non-hydrogen) atoms. The Morgan fingerprint density at radius 3 is 2.69 bits per heavy atom. The lowest BCUT2D eigenvalue weighted by Crippen LogP contribution is -2.30. The highest BCUT2D eigenvalue weighted by atomic mass is 16.2. The van der Waals surface area contributed by atoms with Crippen LogP contribution in [0.15, 0.2) is 48.5 Å². The highest BCUT2D eigenvalue weighted by molar-refractivity contribution is 5.97. The summed E-state index contributed by atoms with van der Waals surface area (Å²) in [6.07, 6.45) is 3.69. The van der Waals surface area contributed by atoms with Gasteiger partial charge in [-0.05, 0) is 55.0 Å². The first-order valence-corrected chi connectivity index (χ1v) is 9.39. The van der Waals surface area contributed by atoms with Crippen LogP contribution in [-0.2, 0) is 22.4 Å². The van der Waals surface area contributed by atoms with Crippen molar-refractivity contribution in [1.82, 2.24) is 4.90 Å². The highest BCUT2D eigenvalue weighted by Gasteiger charge is 2.37. The summed E-state index contributed by atoms with van der Waals surface area (Å²) in [7, 11) is 0. The van der Waals surface area contributed by atoms with Gasteiger partial charge in [-0.15, -0.1) is 0 Å². The number of amides is 2. The van der Waals surface area contributed by atoms with Crippen LogP contribution in [0.3, 0.4) is 0 Å². The summed E-state index contributed by atoms with van der Waals surface area (Å²) in [6, 6.07) is 16.1. The summed E-state index contributed by atoms with van der Waals surface area (Å²) >= 11 is 0. The quantitative estimate of drug-likeness (QED) is 0.915. The molecular formula is C22H24N2O2. The molecule has 0 aromatic heterocycles. The van der Waals surface area contributed by atoms with Crippen LogP contribution >= 0.6 is 0 Å². The second-order valence-corrected chi connectivity index (χ2v) is 7.36. The molecule has 4 heteroatoms. The van der Waals surface area contributed by atoms with Gasteiger partial charge in [0.25, 0.3) is 0 Å². The van der Waals surface area contributed by atoms with E-state index in [4.69, 9.17) is 0 Å². The van der Waals surface area contributed by atoms with Crippen LogP contribution in [0.2, 0.25) is 0 Å². The van der Waals surface area contributed by atoms with Crippen molar-refractivity contribution in [3.05, 3.63) is 65.2 Å². The summed E-state index contributed by atoms with van der Waals surface area (Å²) in [5.74, 6) is -0.295. The monoisotopic (exact) mass is 348 g/mol. The molecule has 1 N–H and O–H groups in total. The fourth-order valence-corrected chi connectivity index (χ4v) is 4.09. The number of hydrogen-bond acceptors (Lipinski definition) is 2. The van der Waals surface area contributed by atoms with Gasteiger partial charge >= 0.3 is 0 Å². The fourth-order valence-electron chi connectivity index (χ4n) is 4.09. The Morgan fingerprint density at radius 1 is 1.12 bits per heavy atom. The van der Waals surface area contributed by atoms with Gasteiger partial charge in [-0.25, -0.2) is 0 Å². The van der Waals surface area contributed by atoms with Gasteiger partial charge in [-0.2, -0.15) is 0 Å². The first-order valence-electron chi connectivity index (χ1n) is 9.39. The number of nitrogens with one attached hydrogen (secondary N) is 1. The number of benzene rings is 2. The number of aryl methyl sites for hydroxylation is 2. The molecule has 0 unspecified atom stereocenters. The SMILES string of the molecule is C[C@@H](c1ccccc1)N1C[C@@H](C(=O)Nc2ccc3c(c2)CCC3)CC1=O. The molecule has 1 aliphatic carbocycles. The van der Waals surface area contributed by atoms with E-state index in [1.54, 1.807) is 0 Å². The Hall–Kier alpha value is -2.62. The van der Waals surface area contributed by atoms with Gasteiger partial charge in [0.1, 0.15) is 0 Å². The van der Waals surface area contributed by atoms with Gasteiger partial charge in [0, 0.05) is 18.7 Å². The van der Waals surface area contributed by atoms with Crippen molar-refractivity contribution in [1.29, 1.82) is 0 Å². The molecule has 2 aromatic rings. The van der Waals surface area contributed by atoms with Crippen LogP contribution in [0, 0.1) is 5.92 Å². The third kappa shape index (κ3) is 3.24. The van der Waals surface area contributed by atoms with Crippen LogP contribution in [0.1, 0.15) is 42.5 Å². The minimum absolute atomic E-state index is 0.0125. The van der Waals surface area contributed by atoms with E-state index in [-0.39, 0.29) is 30.2 Å². The summed E-state index contributed by atoms with van der Waals surface area (Å²) in [5.41, 5.74) is 4.67. The van der Waals surface area contributed by atoms with E-state index in [0.29, 0.717) is 6.54 Å². The largest absolute Gasteiger partial charge is 0.335 e. The van der Waals surface area contributed by atoms with Crippen molar-refractivity contribution in [2.75, 3.05) is 11.9 Å². The molecule has 2 aromatic carbocycles. The van der Waals surface area contributed by atoms with E-state index in [1.807, 2.05) is 48.2 Å². The molecule has 134 valence electrons.